The van der Waals surface area contributed by atoms with Crippen LogP contribution in [0.15, 0.2) is 46.1 Å². The fraction of sp³-hybridized carbons (Fsp3) is 0.481. The summed E-state index contributed by atoms with van der Waals surface area (Å²) >= 11 is 0. The average molecular weight is 448 g/mol. The number of hydrogen-bond acceptors (Lipinski definition) is 4. The van der Waals surface area contributed by atoms with Crippen molar-refractivity contribution in [2.24, 2.45) is 11.8 Å². The van der Waals surface area contributed by atoms with Crippen LogP contribution < -0.4 is 10.6 Å². The second kappa shape index (κ2) is 8.49. The van der Waals surface area contributed by atoms with E-state index < -0.39 is 0 Å². The highest BCUT2D eigenvalue weighted by molar-refractivity contribution is 6.33. The highest BCUT2D eigenvalue weighted by atomic mass is 16.3. The third kappa shape index (κ3) is 3.70. The lowest BCUT2D eigenvalue weighted by Gasteiger charge is -2.47. The smallest absolute Gasteiger partial charge is 0.256 e. The number of anilines is 1. The van der Waals surface area contributed by atoms with E-state index in [9.17, 15) is 14.7 Å². The lowest BCUT2D eigenvalue weighted by molar-refractivity contribution is -0.117. The van der Waals surface area contributed by atoms with Crippen molar-refractivity contribution in [3.63, 3.8) is 0 Å². The highest BCUT2D eigenvalue weighted by Gasteiger charge is 2.46. The monoisotopic (exact) mass is 447 g/mol. The second-order valence-corrected chi connectivity index (χ2v) is 10.0. The first-order chi connectivity index (χ1) is 15.9. The van der Waals surface area contributed by atoms with E-state index in [1.165, 1.54) is 11.1 Å². The van der Waals surface area contributed by atoms with Gasteiger partial charge in [0.25, 0.3) is 11.8 Å². The number of nitrogens with zero attached hydrogens (tertiary/aromatic N) is 1. The third-order valence-corrected chi connectivity index (χ3v) is 7.75. The third-order valence-electron chi connectivity index (χ3n) is 7.75. The molecule has 0 aromatic heterocycles. The quantitative estimate of drug-likeness (QED) is 0.362. The number of fused-ring (bicyclic) bond motifs is 3. The number of phenolic OH excluding ortho intramolecular Hbond substituents is 1. The van der Waals surface area contributed by atoms with Crippen molar-refractivity contribution in [3.8, 4) is 5.75 Å². The lowest BCUT2D eigenvalue weighted by atomic mass is 9.57. The molecule has 1 heterocycles. The van der Waals surface area contributed by atoms with E-state index >= 15 is 0 Å². The van der Waals surface area contributed by atoms with Gasteiger partial charge in [-0.25, -0.2) is 0 Å². The van der Waals surface area contributed by atoms with Gasteiger partial charge >= 0.3 is 0 Å². The summed E-state index contributed by atoms with van der Waals surface area (Å²) < 4.78 is 0. The van der Waals surface area contributed by atoms with Crippen LogP contribution >= 0.6 is 0 Å². The van der Waals surface area contributed by atoms with Crippen molar-refractivity contribution in [1.29, 1.82) is 0 Å². The maximum Gasteiger partial charge on any atom is 0.256 e. The molecule has 1 fully saturated rings. The Morgan fingerprint density at radius 3 is 2.67 bits per heavy atom. The van der Waals surface area contributed by atoms with E-state index in [1.807, 2.05) is 14.1 Å². The maximum absolute atomic E-state index is 13.4. The van der Waals surface area contributed by atoms with E-state index in [0.717, 1.165) is 73.0 Å². The molecular formula is C27H33N3O3. The van der Waals surface area contributed by atoms with Crippen LogP contribution in [0.1, 0.15) is 51.0 Å². The summed E-state index contributed by atoms with van der Waals surface area (Å²) in [7, 11) is 4.08. The number of carbonyl (C=O) groups excluding carboxylic acids is 2. The van der Waals surface area contributed by atoms with Gasteiger partial charge < -0.3 is 20.6 Å². The van der Waals surface area contributed by atoms with E-state index in [1.54, 1.807) is 18.2 Å². The van der Waals surface area contributed by atoms with Crippen LogP contribution in [0.5, 0.6) is 5.75 Å². The Bertz CT molecular complexity index is 1130. The molecule has 4 aliphatic rings. The maximum atomic E-state index is 13.4. The fourth-order valence-electron chi connectivity index (χ4n) is 6.10. The van der Waals surface area contributed by atoms with E-state index in [2.05, 4.69) is 22.5 Å². The number of carbonyl (C=O) groups is 2. The normalized spacial score (nSPS) is 26.0. The summed E-state index contributed by atoms with van der Waals surface area (Å²) in [5, 5.41) is 16.2. The molecule has 1 saturated carbocycles. The number of phenols is 1. The Labute approximate surface area is 195 Å². The Morgan fingerprint density at radius 1 is 1.18 bits per heavy atom. The number of amides is 2. The molecule has 33 heavy (non-hydrogen) atoms. The molecule has 3 N–H and O–H groups in total. The minimum atomic E-state index is -0.101. The Hall–Kier alpha value is -2.86. The van der Waals surface area contributed by atoms with Crippen molar-refractivity contribution in [1.82, 2.24) is 10.2 Å². The summed E-state index contributed by atoms with van der Waals surface area (Å²) in [4.78, 5) is 28.6. The van der Waals surface area contributed by atoms with Crippen LogP contribution in [0.4, 0.5) is 5.69 Å². The molecule has 1 aromatic rings. The molecule has 6 heteroatoms. The van der Waals surface area contributed by atoms with Crippen LogP contribution in [0, 0.1) is 11.8 Å². The molecule has 5 rings (SSSR count). The first kappa shape index (κ1) is 22.0. The van der Waals surface area contributed by atoms with E-state index in [0.29, 0.717) is 24.0 Å². The Kier molecular flexibility index (Phi) is 5.65. The number of aromatic hydroxyl groups is 1. The van der Waals surface area contributed by atoms with Gasteiger partial charge in [0.15, 0.2) is 0 Å². The van der Waals surface area contributed by atoms with Gasteiger partial charge in [-0.2, -0.15) is 0 Å². The van der Waals surface area contributed by atoms with Gasteiger partial charge in [-0.15, -0.1) is 0 Å². The molecule has 174 valence electrons. The summed E-state index contributed by atoms with van der Waals surface area (Å²) in [6, 6.07) is 5.05. The van der Waals surface area contributed by atoms with Gasteiger partial charge in [-0.1, -0.05) is 5.57 Å². The molecule has 2 amide bonds. The SMILES string of the molecule is CC1=C(C(=O)NCCCN(C)C)C2=C(/C(=C3\C(=O)Nc4ccc(O)cc43)CCC2)C2CCC12. The predicted octanol–water partition coefficient (Wildman–Crippen LogP) is 4.00. The molecule has 0 radical (unpaired) electrons. The highest BCUT2D eigenvalue weighted by Crippen LogP contribution is 2.57. The molecule has 2 atom stereocenters. The van der Waals surface area contributed by atoms with Gasteiger partial charge in [0.2, 0.25) is 0 Å². The second-order valence-electron chi connectivity index (χ2n) is 10.0. The zero-order valence-corrected chi connectivity index (χ0v) is 19.8. The molecule has 3 aliphatic carbocycles. The summed E-state index contributed by atoms with van der Waals surface area (Å²) in [6.45, 7) is 3.73. The number of nitrogens with one attached hydrogen (secondary N) is 2. The lowest BCUT2D eigenvalue weighted by Crippen LogP contribution is -2.39. The van der Waals surface area contributed by atoms with Crippen molar-refractivity contribution in [2.75, 3.05) is 32.5 Å². The molecule has 0 spiro atoms. The molecule has 1 aliphatic heterocycles. The minimum Gasteiger partial charge on any atom is -0.508 e. The van der Waals surface area contributed by atoms with Crippen LogP contribution in [0.3, 0.4) is 0 Å². The van der Waals surface area contributed by atoms with Gasteiger partial charge in [-0.05, 0) is 113 Å². The van der Waals surface area contributed by atoms with Crippen molar-refractivity contribution < 1.29 is 14.7 Å². The fourth-order valence-corrected chi connectivity index (χ4v) is 6.10. The first-order valence-electron chi connectivity index (χ1n) is 12.1. The van der Waals surface area contributed by atoms with Gasteiger partial charge in [0.1, 0.15) is 5.75 Å². The molecule has 0 saturated heterocycles. The van der Waals surface area contributed by atoms with Crippen LogP contribution in [0.25, 0.3) is 5.57 Å². The van der Waals surface area contributed by atoms with Crippen molar-refractivity contribution in [3.05, 3.63) is 51.6 Å². The molecule has 1 aromatic carbocycles. The van der Waals surface area contributed by atoms with E-state index in [-0.39, 0.29) is 17.6 Å². The van der Waals surface area contributed by atoms with Gasteiger partial charge in [-0.3, -0.25) is 9.59 Å². The van der Waals surface area contributed by atoms with Crippen molar-refractivity contribution >= 4 is 23.1 Å². The van der Waals surface area contributed by atoms with Crippen LogP contribution in [-0.4, -0.2) is 49.0 Å². The number of allylic oxidation sites excluding steroid dienone is 3. The zero-order chi connectivity index (χ0) is 23.3. The molecule has 6 nitrogen and oxygen atoms in total. The van der Waals surface area contributed by atoms with E-state index in [4.69, 9.17) is 0 Å². The van der Waals surface area contributed by atoms with Gasteiger partial charge in [0, 0.05) is 23.4 Å². The largest absolute Gasteiger partial charge is 0.508 e. The van der Waals surface area contributed by atoms with Crippen LogP contribution in [0.2, 0.25) is 0 Å². The number of rotatable bonds is 5. The average Bonchev–Trinajstić information content (AvgIpc) is 3.05. The number of benzene rings is 1. The predicted molar refractivity (Wildman–Crippen MR) is 130 cm³/mol. The topological polar surface area (TPSA) is 81.7 Å². The number of hydrogen-bond donors (Lipinski definition) is 3. The summed E-state index contributed by atoms with van der Waals surface area (Å²) in [5.41, 5.74) is 7.76. The zero-order valence-electron chi connectivity index (χ0n) is 19.8. The summed E-state index contributed by atoms with van der Waals surface area (Å²) in [5.74, 6) is 0.864. The molecule has 2 unspecified atom stereocenters. The van der Waals surface area contributed by atoms with Gasteiger partial charge in [0.05, 0.1) is 5.57 Å². The standard InChI is InChI=1S/C27H33N3O3/c1-15-17-9-10-18(17)24-19(23(15)26(32)28-12-5-13-30(2)3)6-4-7-20(24)25-21-14-16(31)8-11-22(21)29-27(25)33/h8,11,14,17-18,31H,4-7,9-10,12-13H2,1-3H3,(H,28,32)(H,29,33)/b25-20-. The molecule has 0 bridgehead atoms. The van der Waals surface area contributed by atoms with Crippen LogP contribution in [-0.2, 0) is 9.59 Å². The van der Waals surface area contributed by atoms with Crippen molar-refractivity contribution in [2.45, 2.75) is 45.4 Å². The first-order valence-corrected chi connectivity index (χ1v) is 12.1. The summed E-state index contributed by atoms with van der Waals surface area (Å²) in [6.07, 6.45) is 5.74. The minimum absolute atomic E-state index is 0.0317. The Balaban J connectivity index is 1.56. The molecular weight excluding hydrogens is 414 g/mol. The Morgan fingerprint density at radius 2 is 1.94 bits per heavy atom.